The summed E-state index contributed by atoms with van der Waals surface area (Å²) in [5.74, 6) is 0.972. The third-order valence-corrected chi connectivity index (χ3v) is 4.28. The molecule has 0 bridgehead atoms. The molecule has 2 aromatic carbocycles. The summed E-state index contributed by atoms with van der Waals surface area (Å²) < 4.78 is 11.9. The van der Waals surface area contributed by atoms with Gasteiger partial charge in [-0.1, -0.05) is 6.07 Å². The molecule has 0 spiro atoms. The van der Waals surface area contributed by atoms with Gasteiger partial charge in [-0.15, -0.1) is 0 Å². The topological polar surface area (TPSA) is 82.5 Å². The highest BCUT2D eigenvalue weighted by molar-refractivity contribution is 5.92. The van der Waals surface area contributed by atoms with Crippen LogP contribution in [0.25, 0.3) is 11.3 Å². The number of benzene rings is 2. The van der Waals surface area contributed by atoms with Gasteiger partial charge < -0.3 is 14.8 Å². The lowest BCUT2D eigenvalue weighted by molar-refractivity contribution is -0.116. The Kier molecular flexibility index (Phi) is 6.29. The van der Waals surface area contributed by atoms with Crippen molar-refractivity contribution in [2.75, 3.05) is 19.0 Å². The van der Waals surface area contributed by atoms with E-state index in [0.717, 1.165) is 16.9 Å². The van der Waals surface area contributed by atoms with Gasteiger partial charge in [0.25, 0.3) is 5.56 Å². The minimum atomic E-state index is -0.341. The molecule has 3 rings (SSSR count). The zero-order valence-corrected chi connectivity index (χ0v) is 16.6. The first-order valence-corrected chi connectivity index (χ1v) is 9.24. The number of nitrogens with zero attached hydrogens (tertiary/aromatic N) is 2. The monoisotopic (exact) mass is 393 g/mol. The molecule has 7 heteroatoms. The fourth-order valence-corrected chi connectivity index (χ4v) is 2.86. The van der Waals surface area contributed by atoms with Crippen molar-refractivity contribution in [3.05, 3.63) is 70.8 Å². The highest BCUT2D eigenvalue weighted by atomic mass is 16.5. The van der Waals surface area contributed by atoms with Gasteiger partial charge in [-0.3, -0.25) is 14.2 Å². The van der Waals surface area contributed by atoms with Crippen molar-refractivity contribution < 1.29 is 14.3 Å². The van der Waals surface area contributed by atoms with Crippen LogP contribution in [-0.2, 0) is 11.3 Å². The van der Waals surface area contributed by atoms with Gasteiger partial charge in [0, 0.05) is 11.6 Å². The SMILES string of the molecule is CCOc1ccc(-c2cc(=O)n(CC(=O)Nc3cc(C)ccc3OC)cn2)cc1. The predicted octanol–water partition coefficient (Wildman–Crippen LogP) is 3.26. The molecule has 0 atom stereocenters. The fraction of sp³-hybridized carbons (Fsp3) is 0.227. The number of nitrogens with one attached hydrogen (secondary N) is 1. The third kappa shape index (κ3) is 5.01. The Morgan fingerprint density at radius 2 is 1.90 bits per heavy atom. The lowest BCUT2D eigenvalue weighted by atomic mass is 10.1. The van der Waals surface area contributed by atoms with E-state index in [1.807, 2.05) is 50.2 Å². The van der Waals surface area contributed by atoms with E-state index < -0.39 is 0 Å². The molecule has 0 fully saturated rings. The summed E-state index contributed by atoms with van der Waals surface area (Å²) in [4.78, 5) is 29.2. The highest BCUT2D eigenvalue weighted by Gasteiger charge is 2.11. The highest BCUT2D eigenvalue weighted by Crippen LogP contribution is 2.25. The van der Waals surface area contributed by atoms with Crippen molar-refractivity contribution in [1.29, 1.82) is 0 Å². The predicted molar refractivity (Wildman–Crippen MR) is 111 cm³/mol. The van der Waals surface area contributed by atoms with Crippen molar-refractivity contribution in [3.8, 4) is 22.8 Å². The summed E-state index contributed by atoms with van der Waals surface area (Å²) in [5, 5.41) is 2.78. The van der Waals surface area contributed by atoms with Crippen LogP contribution in [0.3, 0.4) is 0 Å². The third-order valence-electron chi connectivity index (χ3n) is 4.28. The molecule has 0 saturated heterocycles. The molecule has 3 aromatic rings. The standard InChI is InChI=1S/C22H23N3O4/c1-4-29-17-8-6-16(7-9-17)18-12-22(27)25(14-23-18)13-21(26)24-19-11-15(2)5-10-20(19)28-3/h5-12,14H,4,13H2,1-3H3,(H,24,26). The van der Waals surface area contributed by atoms with Crippen LogP contribution in [0.2, 0.25) is 0 Å². The zero-order valence-electron chi connectivity index (χ0n) is 16.6. The summed E-state index contributed by atoms with van der Waals surface area (Å²) in [6, 6.07) is 14.2. The van der Waals surface area contributed by atoms with E-state index in [1.54, 1.807) is 6.07 Å². The summed E-state index contributed by atoms with van der Waals surface area (Å²) in [6.45, 7) is 4.28. The minimum Gasteiger partial charge on any atom is -0.495 e. The van der Waals surface area contributed by atoms with Crippen molar-refractivity contribution >= 4 is 11.6 Å². The maximum absolute atomic E-state index is 12.4. The van der Waals surface area contributed by atoms with E-state index >= 15 is 0 Å². The molecule has 0 aliphatic carbocycles. The van der Waals surface area contributed by atoms with Gasteiger partial charge in [-0.25, -0.2) is 4.98 Å². The molecule has 1 N–H and O–H groups in total. The number of carbonyl (C=O) groups excluding carboxylic acids is 1. The van der Waals surface area contributed by atoms with Gasteiger partial charge in [0.2, 0.25) is 5.91 Å². The molecule has 1 aromatic heterocycles. The van der Waals surface area contributed by atoms with Crippen molar-refractivity contribution in [3.63, 3.8) is 0 Å². The van der Waals surface area contributed by atoms with Crippen LogP contribution < -0.4 is 20.3 Å². The first-order valence-electron chi connectivity index (χ1n) is 9.24. The van der Waals surface area contributed by atoms with Crippen LogP contribution in [0.15, 0.2) is 59.7 Å². The largest absolute Gasteiger partial charge is 0.495 e. The lowest BCUT2D eigenvalue weighted by Gasteiger charge is -2.12. The van der Waals surface area contributed by atoms with Crippen LogP contribution in [-0.4, -0.2) is 29.2 Å². The van der Waals surface area contributed by atoms with E-state index in [4.69, 9.17) is 9.47 Å². The molecule has 0 aliphatic heterocycles. The molecular weight excluding hydrogens is 370 g/mol. The van der Waals surface area contributed by atoms with Gasteiger partial charge >= 0.3 is 0 Å². The quantitative estimate of drug-likeness (QED) is 0.666. The molecule has 1 amide bonds. The maximum atomic E-state index is 12.4. The second-order valence-electron chi connectivity index (χ2n) is 6.45. The first-order chi connectivity index (χ1) is 14.0. The van der Waals surface area contributed by atoms with Gasteiger partial charge in [-0.2, -0.15) is 0 Å². The smallest absolute Gasteiger partial charge is 0.254 e. The normalized spacial score (nSPS) is 10.4. The fourth-order valence-electron chi connectivity index (χ4n) is 2.86. The van der Waals surface area contributed by atoms with E-state index in [-0.39, 0.29) is 18.0 Å². The van der Waals surface area contributed by atoms with Crippen LogP contribution in [0.5, 0.6) is 11.5 Å². The second-order valence-corrected chi connectivity index (χ2v) is 6.45. The van der Waals surface area contributed by atoms with E-state index in [1.165, 1.54) is 24.1 Å². The van der Waals surface area contributed by atoms with Crippen LogP contribution in [0.4, 0.5) is 5.69 Å². The maximum Gasteiger partial charge on any atom is 0.254 e. The van der Waals surface area contributed by atoms with Gasteiger partial charge in [0.1, 0.15) is 18.0 Å². The molecule has 150 valence electrons. The number of carbonyl (C=O) groups is 1. The average Bonchev–Trinajstić information content (AvgIpc) is 2.70. The molecule has 0 unspecified atom stereocenters. The Hall–Kier alpha value is -3.61. The first kappa shape index (κ1) is 20.1. The summed E-state index contributed by atoms with van der Waals surface area (Å²) in [6.07, 6.45) is 1.38. The Morgan fingerprint density at radius 1 is 1.14 bits per heavy atom. The molecule has 0 aliphatic rings. The summed E-state index contributed by atoms with van der Waals surface area (Å²) in [7, 11) is 1.54. The Labute approximate surface area is 168 Å². The number of hydrogen-bond acceptors (Lipinski definition) is 5. The molecule has 29 heavy (non-hydrogen) atoms. The number of amides is 1. The number of aromatic nitrogens is 2. The van der Waals surface area contributed by atoms with Crippen LogP contribution >= 0.6 is 0 Å². The van der Waals surface area contributed by atoms with Gasteiger partial charge in [-0.05, 0) is 55.8 Å². The Bertz CT molecular complexity index is 1060. The lowest BCUT2D eigenvalue weighted by Crippen LogP contribution is -2.27. The summed E-state index contributed by atoms with van der Waals surface area (Å²) in [5.41, 5.74) is 2.57. The molecule has 7 nitrogen and oxygen atoms in total. The van der Waals surface area contributed by atoms with Crippen molar-refractivity contribution in [2.45, 2.75) is 20.4 Å². The Morgan fingerprint density at radius 3 is 2.55 bits per heavy atom. The van der Waals surface area contributed by atoms with Crippen molar-refractivity contribution in [1.82, 2.24) is 9.55 Å². The van der Waals surface area contributed by atoms with Crippen molar-refractivity contribution in [2.24, 2.45) is 0 Å². The van der Waals surface area contributed by atoms with E-state index in [2.05, 4.69) is 10.3 Å². The summed E-state index contributed by atoms with van der Waals surface area (Å²) >= 11 is 0. The number of ether oxygens (including phenoxy) is 2. The number of aryl methyl sites for hydroxylation is 1. The molecular formula is C22H23N3O4. The minimum absolute atomic E-state index is 0.146. The molecule has 1 heterocycles. The van der Waals surface area contributed by atoms with Crippen LogP contribution in [0.1, 0.15) is 12.5 Å². The molecule has 0 saturated carbocycles. The van der Waals surface area contributed by atoms with Crippen LogP contribution in [0, 0.1) is 6.92 Å². The van der Waals surface area contributed by atoms with Gasteiger partial charge in [0.15, 0.2) is 0 Å². The Balaban J connectivity index is 1.73. The zero-order chi connectivity index (χ0) is 20.8. The van der Waals surface area contributed by atoms with E-state index in [0.29, 0.717) is 23.7 Å². The number of rotatable bonds is 7. The molecule has 0 radical (unpaired) electrons. The van der Waals surface area contributed by atoms with E-state index in [9.17, 15) is 9.59 Å². The number of methoxy groups -OCH3 is 1. The number of hydrogen-bond donors (Lipinski definition) is 1. The number of anilines is 1. The second kappa shape index (κ2) is 9.05. The van der Waals surface area contributed by atoms with Gasteiger partial charge in [0.05, 0.1) is 31.4 Å². The average molecular weight is 393 g/mol.